The summed E-state index contributed by atoms with van der Waals surface area (Å²) in [6.07, 6.45) is 5.70. The first-order chi connectivity index (χ1) is 14.6. The van der Waals surface area contributed by atoms with E-state index in [0.29, 0.717) is 24.2 Å². The Morgan fingerprint density at radius 2 is 1.68 bits per heavy atom. The first-order valence-electron chi connectivity index (χ1n) is 10.9. The number of nitrogens with one attached hydrogen (secondary N) is 2. The van der Waals surface area contributed by atoms with Crippen molar-refractivity contribution >= 4 is 24.1 Å². The average Bonchev–Trinajstić information content (AvgIpc) is 2.75. The number of anilines is 1. The van der Waals surface area contributed by atoms with Gasteiger partial charge in [-0.2, -0.15) is 0 Å². The van der Waals surface area contributed by atoms with Crippen LogP contribution in [0.4, 0.5) is 19.3 Å². The number of carbonyl (C=O) groups excluding carboxylic acids is 1. The van der Waals surface area contributed by atoms with E-state index in [1.807, 2.05) is 12.1 Å². The highest BCUT2D eigenvalue weighted by Crippen LogP contribution is 2.40. The molecule has 0 unspecified atom stereocenters. The number of hydrogen-bond donors (Lipinski definition) is 2. The van der Waals surface area contributed by atoms with E-state index in [1.54, 1.807) is 24.3 Å². The molecule has 2 N–H and O–H groups in total. The van der Waals surface area contributed by atoms with E-state index in [0.717, 1.165) is 31.8 Å². The van der Waals surface area contributed by atoms with E-state index in [4.69, 9.17) is 0 Å². The minimum Gasteiger partial charge on any atom is -0.338 e. The highest BCUT2D eigenvalue weighted by Gasteiger charge is 2.40. The molecule has 2 bridgehead atoms. The Balaban J connectivity index is 0.00000272. The molecule has 4 nitrogen and oxygen atoms in total. The number of amides is 2. The van der Waals surface area contributed by atoms with E-state index in [2.05, 4.69) is 15.5 Å². The second-order valence-electron chi connectivity index (χ2n) is 8.57. The molecule has 7 heteroatoms. The van der Waals surface area contributed by atoms with Crippen molar-refractivity contribution < 1.29 is 13.6 Å². The summed E-state index contributed by atoms with van der Waals surface area (Å²) in [6, 6.07) is 13.0. The van der Waals surface area contributed by atoms with Crippen LogP contribution in [0.25, 0.3) is 0 Å². The smallest absolute Gasteiger partial charge is 0.319 e. The summed E-state index contributed by atoms with van der Waals surface area (Å²) in [5.41, 5.74) is 1.79. The van der Waals surface area contributed by atoms with Crippen LogP contribution in [0.3, 0.4) is 0 Å². The lowest BCUT2D eigenvalue weighted by Gasteiger charge is -2.50. The molecule has 0 aromatic heterocycles. The first kappa shape index (κ1) is 23.5. The van der Waals surface area contributed by atoms with Crippen LogP contribution in [-0.4, -0.2) is 36.6 Å². The fourth-order valence-electron chi connectivity index (χ4n) is 5.05. The van der Waals surface area contributed by atoms with Crippen molar-refractivity contribution in [1.29, 1.82) is 0 Å². The number of urea groups is 1. The lowest BCUT2D eigenvalue weighted by atomic mass is 9.70. The second-order valence-corrected chi connectivity index (χ2v) is 8.57. The molecule has 168 valence electrons. The van der Waals surface area contributed by atoms with Crippen LogP contribution in [-0.2, 0) is 6.42 Å². The van der Waals surface area contributed by atoms with Gasteiger partial charge in [-0.1, -0.05) is 12.1 Å². The van der Waals surface area contributed by atoms with E-state index < -0.39 is 0 Å². The Labute approximate surface area is 188 Å². The number of piperidine rings is 2. The lowest BCUT2D eigenvalue weighted by Crippen LogP contribution is -2.54. The van der Waals surface area contributed by atoms with Gasteiger partial charge in [0.05, 0.1) is 0 Å². The van der Waals surface area contributed by atoms with Crippen LogP contribution < -0.4 is 10.6 Å². The van der Waals surface area contributed by atoms with E-state index in [9.17, 15) is 13.6 Å². The van der Waals surface area contributed by atoms with Crippen LogP contribution in [0.2, 0.25) is 0 Å². The number of halogens is 3. The summed E-state index contributed by atoms with van der Waals surface area (Å²) in [4.78, 5) is 14.6. The van der Waals surface area contributed by atoms with E-state index in [-0.39, 0.29) is 30.1 Å². The van der Waals surface area contributed by atoms with Crippen molar-refractivity contribution in [2.24, 2.45) is 11.8 Å². The normalized spacial score (nSPS) is 22.6. The van der Waals surface area contributed by atoms with Crippen molar-refractivity contribution in [1.82, 2.24) is 10.2 Å². The van der Waals surface area contributed by atoms with Crippen molar-refractivity contribution in [2.45, 2.75) is 38.1 Å². The largest absolute Gasteiger partial charge is 0.338 e. The molecular formula is C24H30ClF2N3O. The third-order valence-corrected chi connectivity index (χ3v) is 6.43. The van der Waals surface area contributed by atoms with Gasteiger partial charge in [0.25, 0.3) is 0 Å². The van der Waals surface area contributed by atoms with Gasteiger partial charge in [-0.25, -0.2) is 13.6 Å². The van der Waals surface area contributed by atoms with Gasteiger partial charge in [0.1, 0.15) is 11.6 Å². The topological polar surface area (TPSA) is 44.4 Å². The third kappa shape index (κ3) is 6.40. The quantitative estimate of drug-likeness (QED) is 0.567. The predicted octanol–water partition coefficient (Wildman–Crippen LogP) is 5.24. The summed E-state index contributed by atoms with van der Waals surface area (Å²) in [6.45, 7) is 2.72. The molecular weight excluding hydrogens is 420 g/mol. The summed E-state index contributed by atoms with van der Waals surface area (Å²) in [7, 11) is 0. The molecule has 31 heavy (non-hydrogen) atoms. The molecule has 0 spiro atoms. The molecule has 2 aromatic carbocycles. The molecule has 3 fully saturated rings. The van der Waals surface area contributed by atoms with Gasteiger partial charge in [0.2, 0.25) is 0 Å². The van der Waals surface area contributed by atoms with Crippen LogP contribution in [0.15, 0.2) is 48.5 Å². The van der Waals surface area contributed by atoms with E-state index >= 15 is 0 Å². The number of rotatable bonds is 7. The standard InChI is InChI=1S/C24H29F2N3O.ClH/c25-20-5-2-17(3-6-20)14-19-15-18-4-11-23(19)29(16-18)13-1-12-27-24(30)28-22-9-7-21(26)8-10-22;/h2-3,5-10,18-19,23H,1,4,11-16H2,(H2,27,28,30);1H/t18-,19-,23+;/m1./s1. The highest BCUT2D eigenvalue weighted by atomic mass is 35.5. The Kier molecular flexibility index (Phi) is 8.27. The summed E-state index contributed by atoms with van der Waals surface area (Å²) in [5.74, 6) is 0.865. The Bertz CT molecular complexity index is 847. The fourth-order valence-corrected chi connectivity index (χ4v) is 5.05. The van der Waals surface area contributed by atoms with Gasteiger partial charge >= 0.3 is 6.03 Å². The van der Waals surface area contributed by atoms with Crippen LogP contribution in [0.5, 0.6) is 0 Å². The molecule has 3 aliphatic rings. The van der Waals surface area contributed by atoms with Gasteiger partial charge in [-0.3, -0.25) is 4.90 Å². The SMILES string of the molecule is Cl.O=C(NCCCN1C[C@@H]2CC[C@H]1[C@H](Cc1ccc(F)cc1)C2)Nc1ccc(F)cc1. The molecule has 2 saturated heterocycles. The third-order valence-electron chi connectivity index (χ3n) is 6.43. The maximum absolute atomic E-state index is 13.2. The zero-order valence-corrected chi connectivity index (χ0v) is 18.3. The average molecular weight is 450 g/mol. The molecule has 2 amide bonds. The number of fused-ring (bicyclic) bond motifs is 3. The maximum Gasteiger partial charge on any atom is 0.319 e. The molecule has 1 aliphatic carbocycles. The number of hydrogen-bond acceptors (Lipinski definition) is 2. The number of benzene rings is 2. The minimum atomic E-state index is -0.325. The molecule has 1 saturated carbocycles. The van der Waals surface area contributed by atoms with Crippen LogP contribution in [0.1, 0.15) is 31.2 Å². The van der Waals surface area contributed by atoms with Crippen molar-refractivity contribution in [3.8, 4) is 0 Å². The monoisotopic (exact) mass is 449 g/mol. The van der Waals surface area contributed by atoms with Crippen molar-refractivity contribution in [3.05, 3.63) is 65.7 Å². The van der Waals surface area contributed by atoms with Gasteiger partial charge < -0.3 is 10.6 Å². The van der Waals surface area contributed by atoms with Gasteiger partial charge in [-0.05, 0) is 85.9 Å². The Morgan fingerprint density at radius 1 is 1.00 bits per heavy atom. The lowest BCUT2D eigenvalue weighted by molar-refractivity contribution is 0.000976. The Morgan fingerprint density at radius 3 is 2.35 bits per heavy atom. The molecule has 2 aliphatic heterocycles. The van der Waals surface area contributed by atoms with Gasteiger partial charge in [0.15, 0.2) is 0 Å². The maximum atomic E-state index is 13.2. The fraction of sp³-hybridized carbons (Fsp3) is 0.458. The number of carbonyl (C=O) groups is 1. The zero-order valence-electron chi connectivity index (χ0n) is 17.5. The summed E-state index contributed by atoms with van der Waals surface area (Å²) in [5, 5.41) is 5.60. The summed E-state index contributed by atoms with van der Waals surface area (Å²) < 4.78 is 26.1. The van der Waals surface area contributed by atoms with Crippen LogP contribution >= 0.6 is 12.4 Å². The molecule has 3 atom stereocenters. The molecule has 2 heterocycles. The van der Waals surface area contributed by atoms with Crippen molar-refractivity contribution in [3.63, 3.8) is 0 Å². The van der Waals surface area contributed by atoms with Crippen LogP contribution in [0, 0.1) is 23.5 Å². The minimum absolute atomic E-state index is 0. The first-order valence-corrected chi connectivity index (χ1v) is 10.9. The predicted molar refractivity (Wildman–Crippen MR) is 122 cm³/mol. The zero-order chi connectivity index (χ0) is 20.9. The molecule has 0 radical (unpaired) electrons. The van der Waals surface area contributed by atoms with E-state index in [1.165, 1.54) is 37.0 Å². The van der Waals surface area contributed by atoms with Gasteiger partial charge in [0, 0.05) is 31.4 Å². The highest BCUT2D eigenvalue weighted by molar-refractivity contribution is 5.89. The Hall–Kier alpha value is -2.18. The van der Waals surface area contributed by atoms with Gasteiger partial charge in [-0.15, -0.1) is 12.4 Å². The number of nitrogens with zero attached hydrogens (tertiary/aromatic N) is 1. The summed E-state index contributed by atoms with van der Waals surface area (Å²) >= 11 is 0. The molecule has 5 rings (SSSR count). The second kappa shape index (κ2) is 10.9. The molecule has 2 aromatic rings. The van der Waals surface area contributed by atoms with Crippen molar-refractivity contribution in [2.75, 3.05) is 25.0 Å².